The lowest BCUT2D eigenvalue weighted by Gasteiger charge is -2.32. The second-order valence-electron chi connectivity index (χ2n) is 5.49. The van der Waals surface area contributed by atoms with Crippen LogP contribution >= 0.6 is 0 Å². The number of anilines is 1. The molecule has 2 heterocycles. The number of ether oxygens (including phenoxy) is 1. The van der Waals surface area contributed by atoms with E-state index < -0.39 is 0 Å². The number of fused-ring (bicyclic) bond motifs is 1. The highest BCUT2D eigenvalue weighted by Crippen LogP contribution is 2.26. The van der Waals surface area contributed by atoms with E-state index in [2.05, 4.69) is 40.4 Å². The van der Waals surface area contributed by atoms with Crippen molar-refractivity contribution in [3.63, 3.8) is 0 Å². The smallest absolute Gasteiger partial charge is 0.121 e. The van der Waals surface area contributed by atoms with Gasteiger partial charge in [0.15, 0.2) is 0 Å². The second-order valence-corrected chi connectivity index (χ2v) is 5.49. The Morgan fingerprint density at radius 2 is 2.05 bits per heavy atom. The third-order valence-electron chi connectivity index (χ3n) is 4.06. The van der Waals surface area contributed by atoms with Crippen molar-refractivity contribution in [2.75, 3.05) is 58.2 Å². The summed E-state index contributed by atoms with van der Waals surface area (Å²) in [4.78, 5) is 4.86. The predicted octanol–water partition coefficient (Wildman–Crippen LogP) is 1.28. The van der Waals surface area contributed by atoms with E-state index in [-0.39, 0.29) is 0 Å². The van der Waals surface area contributed by atoms with Crippen LogP contribution in [-0.4, -0.2) is 62.7 Å². The van der Waals surface area contributed by atoms with E-state index in [9.17, 15) is 0 Å². The lowest BCUT2D eigenvalue weighted by Crippen LogP contribution is -2.45. The molecule has 2 aliphatic heterocycles. The molecule has 1 aromatic carbocycles. The third-order valence-corrected chi connectivity index (χ3v) is 4.06. The van der Waals surface area contributed by atoms with Gasteiger partial charge in [-0.3, -0.25) is 4.90 Å². The molecule has 0 aromatic heterocycles. The molecular weight excluding hydrogens is 238 g/mol. The number of hydrogen-bond acceptors (Lipinski definition) is 4. The second kappa shape index (κ2) is 5.80. The average molecular weight is 261 g/mol. The fourth-order valence-corrected chi connectivity index (χ4v) is 2.72. The maximum atomic E-state index is 5.87. The molecule has 104 valence electrons. The van der Waals surface area contributed by atoms with Crippen molar-refractivity contribution in [1.82, 2.24) is 9.80 Å². The van der Waals surface area contributed by atoms with Crippen LogP contribution in [-0.2, 0) is 6.42 Å². The number of benzene rings is 1. The van der Waals surface area contributed by atoms with Gasteiger partial charge >= 0.3 is 0 Å². The maximum absolute atomic E-state index is 5.87. The highest BCUT2D eigenvalue weighted by Gasteiger charge is 2.14. The minimum Gasteiger partial charge on any atom is -0.492 e. The Hall–Kier alpha value is -1.26. The van der Waals surface area contributed by atoms with Crippen LogP contribution in [0, 0.1) is 0 Å². The van der Waals surface area contributed by atoms with Gasteiger partial charge in [0.05, 0.1) is 0 Å². The summed E-state index contributed by atoms with van der Waals surface area (Å²) in [5, 5.41) is 3.39. The topological polar surface area (TPSA) is 27.7 Å². The number of nitrogens with one attached hydrogen (secondary N) is 1. The highest BCUT2D eigenvalue weighted by molar-refractivity contribution is 5.58. The molecule has 3 rings (SSSR count). The molecule has 0 bridgehead atoms. The molecular formula is C15H23N3O. The number of likely N-dealkylation sites (N-methyl/N-ethyl adjacent to an activating group) is 1. The Bertz CT molecular complexity index is 427. The SMILES string of the molecule is CN1CCN(CCOc2ccc3c(c2)NCC3)CC1. The van der Waals surface area contributed by atoms with Crippen LogP contribution in [0.15, 0.2) is 18.2 Å². The standard InChI is InChI=1S/C15H23N3O/c1-17-6-8-18(9-7-17)10-11-19-14-3-2-13-4-5-16-15(13)12-14/h2-3,12,16H,4-11H2,1H3. The molecule has 1 saturated heterocycles. The average Bonchev–Trinajstić information content (AvgIpc) is 2.88. The van der Waals surface area contributed by atoms with Gasteiger partial charge < -0.3 is 15.0 Å². The number of rotatable bonds is 4. The summed E-state index contributed by atoms with van der Waals surface area (Å²) >= 11 is 0. The summed E-state index contributed by atoms with van der Waals surface area (Å²) in [6.07, 6.45) is 1.14. The van der Waals surface area contributed by atoms with Gasteiger partial charge in [0.1, 0.15) is 12.4 Å². The summed E-state index contributed by atoms with van der Waals surface area (Å²) < 4.78 is 5.87. The zero-order valence-corrected chi connectivity index (χ0v) is 11.7. The molecule has 0 aliphatic carbocycles. The molecule has 1 N–H and O–H groups in total. The van der Waals surface area contributed by atoms with Gasteiger partial charge in [-0.2, -0.15) is 0 Å². The Labute approximate surface area is 115 Å². The molecule has 0 atom stereocenters. The van der Waals surface area contributed by atoms with Crippen LogP contribution in [0.5, 0.6) is 5.75 Å². The Morgan fingerprint density at radius 1 is 1.21 bits per heavy atom. The summed E-state index contributed by atoms with van der Waals surface area (Å²) in [6, 6.07) is 6.41. The first kappa shape index (κ1) is 12.8. The molecule has 1 fully saturated rings. The van der Waals surface area contributed by atoms with E-state index in [1.807, 2.05) is 0 Å². The van der Waals surface area contributed by atoms with Crippen molar-refractivity contribution in [2.24, 2.45) is 0 Å². The molecule has 2 aliphatic rings. The van der Waals surface area contributed by atoms with E-state index >= 15 is 0 Å². The lowest BCUT2D eigenvalue weighted by atomic mass is 10.1. The largest absolute Gasteiger partial charge is 0.492 e. The van der Waals surface area contributed by atoms with Crippen molar-refractivity contribution in [3.05, 3.63) is 23.8 Å². The summed E-state index contributed by atoms with van der Waals surface area (Å²) in [6.45, 7) is 7.52. The molecule has 4 heteroatoms. The molecule has 0 amide bonds. The van der Waals surface area contributed by atoms with E-state index in [1.165, 1.54) is 24.3 Å². The minimum absolute atomic E-state index is 0.780. The first-order valence-corrected chi connectivity index (χ1v) is 7.22. The van der Waals surface area contributed by atoms with Crippen LogP contribution in [0.2, 0.25) is 0 Å². The van der Waals surface area contributed by atoms with Crippen LogP contribution in [0.4, 0.5) is 5.69 Å². The van der Waals surface area contributed by atoms with Gasteiger partial charge in [-0.15, -0.1) is 0 Å². The molecule has 4 nitrogen and oxygen atoms in total. The predicted molar refractivity (Wildman–Crippen MR) is 78.1 cm³/mol. The molecule has 0 spiro atoms. The normalized spacial score (nSPS) is 20.1. The first-order valence-electron chi connectivity index (χ1n) is 7.22. The van der Waals surface area contributed by atoms with Gasteiger partial charge in [-0.05, 0) is 25.1 Å². The van der Waals surface area contributed by atoms with E-state index in [1.54, 1.807) is 0 Å². The van der Waals surface area contributed by atoms with Gasteiger partial charge in [0.25, 0.3) is 0 Å². The Morgan fingerprint density at radius 3 is 2.89 bits per heavy atom. The summed E-state index contributed by atoms with van der Waals surface area (Å²) in [5.41, 5.74) is 2.66. The zero-order valence-electron chi connectivity index (χ0n) is 11.7. The molecule has 0 radical (unpaired) electrons. The fraction of sp³-hybridized carbons (Fsp3) is 0.600. The van der Waals surface area contributed by atoms with Gasteiger partial charge in [-0.25, -0.2) is 0 Å². The Balaban J connectivity index is 1.45. The third kappa shape index (κ3) is 3.19. The number of piperazine rings is 1. The highest BCUT2D eigenvalue weighted by atomic mass is 16.5. The van der Waals surface area contributed by atoms with Crippen LogP contribution in [0.3, 0.4) is 0 Å². The number of hydrogen-bond donors (Lipinski definition) is 1. The quantitative estimate of drug-likeness (QED) is 0.883. The monoisotopic (exact) mass is 261 g/mol. The molecule has 0 unspecified atom stereocenters. The van der Waals surface area contributed by atoms with Gasteiger partial charge in [0, 0.05) is 51.0 Å². The van der Waals surface area contributed by atoms with Crippen molar-refractivity contribution >= 4 is 5.69 Å². The maximum Gasteiger partial charge on any atom is 0.121 e. The molecule has 1 aromatic rings. The summed E-state index contributed by atoms with van der Waals surface area (Å²) in [5.74, 6) is 0.988. The fourth-order valence-electron chi connectivity index (χ4n) is 2.72. The van der Waals surface area contributed by atoms with Crippen LogP contribution < -0.4 is 10.1 Å². The first-order chi connectivity index (χ1) is 9.31. The van der Waals surface area contributed by atoms with Crippen molar-refractivity contribution in [1.29, 1.82) is 0 Å². The van der Waals surface area contributed by atoms with Crippen LogP contribution in [0.1, 0.15) is 5.56 Å². The minimum atomic E-state index is 0.780. The van der Waals surface area contributed by atoms with Crippen molar-refractivity contribution in [3.8, 4) is 5.75 Å². The van der Waals surface area contributed by atoms with Crippen molar-refractivity contribution in [2.45, 2.75) is 6.42 Å². The molecule has 19 heavy (non-hydrogen) atoms. The van der Waals surface area contributed by atoms with Gasteiger partial charge in [-0.1, -0.05) is 6.07 Å². The molecule has 0 saturated carbocycles. The Kier molecular flexibility index (Phi) is 3.89. The summed E-state index contributed by atoms with van der Waals surface area (Å²) in [7, 11) is 2.19. The van der Waals surface area contributed by atoms with E-state index in [0.717, 1.165) is 45.0 Å². The lowest BCUT2D eigenvalue weighted by molar-refractivity contribution is 0.134. The van der Waals surface area contributed by atoms with E-state index in [0.29, 0.717) is 0 Å². The van der Waals surface area contributed by atoms with E-state index in [4.69, 9.17) is 4.74 Å². The zero-order chi connectivity index (χ0) is 13.1. The number of nitrogens with zero attached hydrogens (tertiary/aromatic N) is 2. The van der Waals surface area contributed by atoms with Gasteiger partial charge in [0.2, 0.25) is 0 Å². The van der Waals surface area contributed by atoms with Crippen molar-refractivity contribution < 1.29 is 4.74 Å². The van der Waals surface area contributed by atoms with Crippen LogP contribution in [0.25, 0.3) is 0 Å².